The molecule has 1 aromatic carbocycles. The van der Waals surface area contributed by atoms with Crippen LogP contribution >= 0.6 is 31.9 Å². The van der Waals surface area contributed by atoms with E-state index in [-0.39, 0.29) is 5.91 Å². The Morgan fingerprint density at radius 3 is 2.65 bits per heavy atom. The van der Waals surface area contributed by atoms with Crippen molar-refractivity contribution in [1.82, 2.24) is 4.98 Å². The summed E-state index contributed by atoms with van der Waals surface area (Å²) in [4.78, 5) is 15.3. The molecule has 0 spiro atoms. The van der Waals surface area contributed by atoms with Crippen LogP contribution in [0.5, 0.6) is 0 Å². The van der Waals surface area contributed by atoms with E-state index in [1.165, 1.54) is 0 Å². The molecule has 0 saturated heterocycles. The second-order valence-electron chi connectivity index (χ2n) is 4.61. The van der Waals surface area contributed by atoms with Crippen molar-refractivity contribution < 1.29 is 4.79 Å². The molecule has 4 nitrogen and oxygen atoms in total. The Hall–Kier alpha value is -1.53. The van der Waals surface area contributed by atoms with Crippen LogP contribution in [-0.2, 0) is 4.79 Å². The van der Waals surface area contributed by atoms with Gasteiger partial charge in [0.1, 0.15) is 0 Å². The Morgan fingerprint density at radius 2 is 2.00 bits per heavy atom. The molecule has 6 heteroatoms. The number of aromatic nitrogens is 1. The summed E-state index contributed by atoms with van der Waals surface area (Å²) < 4.78 is 1.85. The summed E-state index contributed by atoms with van der Waals surface area (Å²) in [5, 5.41) is 2.83. The maximum atomic E-state index is 12.1. The van der Waals surface area contributed by atoms with Crippen molar-refractivity contribution in [2.75, 3.05) is 11.1 Å². The molecule has 2 aromatic rings. The molecule has 0 saturated carbocycles. The molecule has 0 aliphatic carbocycles. The molecular weight excluding hydrogens is 386 g/mol. The molecule has 20 heavy (non-hydrogen) atoms. The van der Waals surface area contributed by atoms with E-state index in [4.69, 9.17) is 5.73 Å². The summed E-state index contributed by atoms with van der Waals surface area (Å²) >= 11 is 6.98. The first-order valence-corrected chi connectivity index (χ1v) is 7.52. The highest BCUT2D eigenvalue weighted by molar-refractivity contribution is 9.13. The normalized spacial score (nSPS) is 15.6. The van der Waals surface area contributed by atoms with E-state index in [0.717, 1.165) is 31.6 Å². The molecule has 0 bridgehead atoms. The van der Waals surface area contributed by atoms with Crippen LogP contribution in [0.25, 0.3) is 11.6 Å². The van der Waals surface area contributed by atoms with E-state index in [1.54, 1.807) is 12.1 Å². The Labute approximate surface area is 132 Å². The van der Waals surface area contributed by atoms with Crippen molar-refractivity contribution in [2.45, 2.75) is 6.92 Å². The van der Waals surface area contributed by atoms with Crippen LogP contribution in [0.1, 0.15) is 17.0 Å². The van der Waals surface area contributed by atoms with Gasteiger partial charge in [-0.15, -0.1) is 0 Å². The third-order valence-electron chi connectivity index (χ3n) is 3.20. The number of aromatic amines is 1. The highest BCUT2D eigenvalue weighted by Gasteiger charge is 2.25. The minimum atomic E-state index is -0.124. The number of nitrogens with one attached hydrogen (secondary N) is 2. The first-order chi connectivity index (χ1) is 9.47. The standard InChI is InChI=1S/C14H11Br2N3O/c1-6-12(15)13(16)11(18-6)5-9-8-4-7(17)2-3-10(8)19-14(9)20/h2-5,18H,17H2,1H3,(H,19,20)/b9-5-. The highest BCUT2D eigenvalue weighted by atomic mass is 79.9. The third kappa shape index (κ3) is 2.09. The van der Waals surface area contributed by atoms with Gasteiger partial charge in [0.05, 0.1) is 20.2 Å². The number of halogens is 2. The summed E-state index contributed by atoms with van der Waals surface area (Å²) in [7, 11) is 0. The first kappa shape index (κ1) is 13.5. The van der Waals surface area contributed by atoms with Gasteiger partial charge in [-0.05, 0) is 63.1 Å². The SMILES string of the molecule is Cc1[nH]c(/C=C2\C(=O)Nc3ccc(N)cc32)c(Br)c1Br. The van der Waals surface area contributed by atoms with Gasteiger partial charge in [0.25, 0.3) is 5.91 Å². The molecule has 1 aliphatic rings. The van der Waals surface area contributed by atoms with Gasteiger partial charge < -0.3 is 16.0 Å². The van der Waals surface area contributed by atoms with E-state index in [1.807, 2.05) is 19.1 Å². The van der Waals surface area contributed by atoms with E-state index >= 15 is 0 Å². The van der Waals surface area contributed by atoms with Gasteiger partial charge in [0, 0.05) is 22.6 Å². The van der Waals surface area contributed by atoms with Crippen LogP contribution in [0.4, 0.5) is 11.4 Å². The lowest BCUT2D eigenvalue weighted by Gasteiger charge is -2.00. The van der Waals surface area contributed by atoms with Gasteiger partial charge in [-0.25, -0.2) is 0 Å². The van der Waals surface area contributed by atoms with E-state index < -0.39 is 0 Å². The number of hydrogen-bond donors (Lipinski definition) is 3. The molecule has 102 valence electrons. The van der Waals surface area contributed by atoms with Crippen LogP contribution in [0.3, 0.4) is 0 Å². The van der Waals surface area contributed by atoms with Crippen molar-refractivity contribution >= 4 is 60.8 Å². The minimum absolute atomic E-state index is 0.124. The summed E-state index contributed by atoms with van der Waals surface area (Å²) in [6, 6.07) is 5.39. The zero-order chi connectivity index (χ0) is 14.4. The second kappa shape index (κ2) is 4.79. The molecule has 0 fully saturated rings. The van der Waals surface area contributed by atoms with Crippen LogP contribution in [0.15, 0.2) is 27.1 Å². The predicted octanol–water partition coefficient (Wildman–Crippen LogP) is 3.92. The fourth-order valence-electron chi connectivity index (χ4n) is 2.19. The molecule has 0 unspecified atom stereocenters. The lowest BCUT2D eigenvalue weighted by Crippen LogP contribution is -2.03. The average molecular weight is 397 g/mol. The summed E-state index contributed by atoms with van der Waals surface area (Å²) in [5.74, 6) is -0.124. The molecule has 1 aromatic heterocycles. The van der Waals surface area contributed by atoms with Gasteiger partial charge >= 0.3 is 0 Å². The number of fused-ring (bicyclic) bond motifs is 1. The van der Waals surface area contributed by atoms with Gasteiger partial charge in [-0.1, -0.05) is 0 Å². The summed E-state index contributed by atoms with van der Waals surface area (Å²) in [5.41, 5.74) is 10.5. The molecule has 0 atom stereocenters. The fourth-order valence-corrected chi connectivity index (χ4v) is 3.01. The summed E-state index contributed by atoms with van der Waals surface area (Å²) in [6.45, 7) is 1.96. The van der Waals surface area contributed by atoms with E-state index in [0.29, 0.717) is 11.3 Å². The van der Waals surface area contributed by atoms with Gasteiger partial charge in [-0.2, -0.15) is 0 Å². The number of anilines is 2. The van der Waals surface area contributed by atoms with Crippen molar-refractivity contribution in [2.24, 2.45) is 0 Å². The molecule has 1 aliphatic heterocycles. The molecule has 4 N–H and O–H groups in total. The highest BCUT2D eigenvalue weighted by Crippen LogP contribution is 2.37. The lowest BCUT2D eigenvalue weighted by atomic mass is 10.1. The Bertz CT molecular complexity index is 762. The molecule has 3 rings (SSSR count). The first-order valence-electron chi connectivity index (χ1n) is 5.94. The third-order valence-corrected chi connectivity index (χ3v) is 5.54. The zero-order valence-electron chi connectivity index (χ0n) is 10.6. The Balaban J connectivity index is 2.15. The number of nitrogen functional groups attached to an aromatic ring is 1. The number of hydrogen-bond acceptors (Lipinski definition) is 2. The predicted molar refractivity (Wildman–Crippen MR) is 88.3 cm³/mol. The number of benzene rings is 1. The number of rotatable bonds is 1. The van der Waals surface area contributed by atoms with Crippen molar-refractivity contribution in [3.63, 3.8) is 0 Å². The number of H-pyrrole nitrogens is 1. The maximum absolute atomic E-state index is 12.1. The van der Waals surface area contributed by atoms with Gasteiger partial charge in [0.15, 0.2) is 0 Å². The van der Waals surface area contributed by atoms with Gasteiger partial charge in [-0.3, -0.25) is 4.79 Å². The molecule has 2 heterocycles. The largest absolute Gasteiger partial charge is 0.399 e. The maximum Gasteiger partial charge on any atom is 0.256 e. The van der Waals surface area contributed by atoms with Crippen molar-refractivity contribution in [3.8, 4) is 0 Å². The smallest absolute Gasteiger partial charge is 0.256 e. The summed E-state index contributed by atoms with van der Waals surface area (Å²) in [6.07, 6.45) is 1.82. The van der Waals surface area contributed by atoms with E-state index in [9.17, 15) is 4.79 Å². The quantitative estimate of drug-likeness (QED) is 0.504. The number of aryl methyl sites for hydroxylation is 1. The second-order valence-corrected chi connectivity index (χ2v) is 6.19. The number of carbonyl (C=O) groups is 1. The van der Waals surface area contributed by atoms with E-state index in [2.05, 4.69) is 42.2 Å². The Morgan fingerprint density at radius 1 is 1.25 bits per heavy atom. The fraction of sp³-hybridized carbons (Fsp3) is 0.0714. The zero-order valence-corrected chi connectivity index (χ0v) is 13.7. The molecule has 1 amide bonds. The topological polar surface area (TPSA) is 70.9 Å². The number of carbonyl (C=O) groups excluding carboxylic acids is 1. The van der Waals surface area contributed by atoms with Crippen LogP contribution in [-0.4, -0.2) is 10.9 Å². The van der Waals surface area contributed by atoms with Crippen LogP contribution < -0.4 is 11.1 Å². The number of amides is 1. The monoisotopic (exact) mass is 395 g/mol. The van der Waals surface area contributed by atoms with Gasteiger partial charge in [0.2, 0.25) is 0 Å². The average Bonchev–Trinajstić information content (AvgIpc) is 2.83. The number of nitrogens with two attached hydrogens (primary N) is 1. The molecule has 0 radical (unpaired) electrons. The van der Waals surface area contributed by atoms with Crippen molar-refractivity contribution in [1.29, 1.82) is 0 Å². The van der Waals surface area contributed by atoms with Crippen LogP contribution in [0, 0.1) is 6.92 Å². The van der Waals surface area contributed by atoms with Crippen molar-refractivity contribution in [3.05, 3.63) is 44.1 Å². The molecular formula is C14H11Br2N3O. The van der Waals surface area contributed by atoms with Crippen LogP contribution in [0.2, 0.25) is 0 Å². The Kier molecular flexibility index (Phi) is 3.22. The lowest BCUT2D eigenvalue weighted by molar-refractivity contribution is -0.110. The minimum Gasteiger partial charge on any atom is -0.399 e.